The van der Waals surface area contributed by atoms with Crippen molar-refractivity contribution in [1.82, 2.24) is 30.7 Å². The van der Waals surface area contributed by atoms with E-state index in [2.05, 4.69) is 27.8 Å². The molecule has 0 aliphatic carbocycles. The molecule has 4 aliphatic rings. The Morgan fingerprint density at radius 2 is 1.67 bits per heavy atom. The first kappa shape index (κ1) is 55.1. The maximum atomic E-state index is 15.2. The molecular formula is C56H55F2N6O12PS. The van der Waals surface area contributed by atoms with Crippen LogP contribution in [0.2, 0.25) is 0 Å². The summed E-state index contributed by atoms with van der Waals surface area (Å²) in [6.45, 7) is 5.91. The van der Waals surface area contributed by atoms with E-state index in [4.69, 9.17) is 4.74 Å². The van der Waals surface area contributed by atoms with Gasteiger partial charge < -0.3 is 35.0 Å². The second-order valence-electron chi connectivity index (χ2n) is 20.8. The van der Waals surface area contributed by atoms with Crippen molar-refractivity contribution in [1.29, 1.82) is 0 Å². The van der Waals surface area contributed by atoms with E-state index >= 15 is 4.79 Å². The van der Waals surface area contributed by atoms with E-state index in [0.29, 0.717) is 34.7 Å². The smallest absolute Gasteiger partial charge is 0.399 e. The number of likely N-dealkylation sites (tertiary alicyclic amines) is 1. The predicted molar refractivity (Wildman–Crippen MR) is 281 cm³/mol. The molecule has 5 aromatic rings. The van der Waals surface area contributed by atoms with Gasteiger partial charge in [0.25, 0.3) is 23.6 Å². The van der Waals surface area contributed by atoms with Crippen LogP contribution in [-0.4, -0.2) is 116 Å². The molecule has 22 heteroatoms. The number of piperidine rings is 2. The van der Waals surface area contributed by atoms with E-state index < -0.39 is 83.7 Å². The Kier molecular flexibility index (Phi) is 15.6. The fourth-order valence-corrected chi connectivity index (χ4v) is 11.6. The number of imide groups is 2. The molecule has 1 aromatic heterocycles. The lowest BCUT2D eigenvalue weighted by atomic mass is 9.83. The number of fused-ring (bicyclic) bond motifs is 3. The van der Waals surface area contributed by atoms with Crippen LogP contribution < -0.4 is 20.7 Å². The molecule has 5 heterocycles. The minimum Gasteiger partial charge on any atom is -0.484 e. The van der Waals surface area contributed by atoms with Gasteiger partial charge in [-0.3, -0.25) is 53.1 Å². The number of thiophene rings is 1. The summed E-state index contributed by atoms with van der Waals surface area (Å²) in [5, 5.41) is 7.91. The monoisotopic (exact) mass is 1100 g/mol. The molecule has 2 saturated heterocycles. The molecule has 5 N–H and O–H groups in total. The highest BCUT2D eigenvalue weighted by molar-refractivity contribution is 7.52. The minimum atomic E-state index is -5.87. The summed E-state index contributed by atoms with van der Waals surface area (Å²) in [4.78, 5) is 130. The number of nitrogens with one attached hydrogen (secondary N) is 3. The second kappa shape index (κ2) is 22.0. The van der Waals surface area contributed by atoms with Crippen molar-refractivity contribution in [3.63, 3.8) is 0 Å². The van der Waals surface area contributed by atoms with Gasteiger partial charge in [-0.25, -0.2) is 0 Å². The molecule has 0 spiro atoms. The van der Waals surface area contributed by atoms with Crippen LogP contribution in [-0.2, 0) is 47.2 Å². The lowest BCUT2D eigenvalue weighted by Gasteiger charge is -2.43. The topological polar surface area (TPSA) is 249 Å². The van der Waals surface area contributed by atoms with Gasteiger partial charge in [-0.05, 0) is 95.3 Å². The van der Waals surface area contributed by atoms with Gasteiger partial charge >= 0.3 is 13.3 Å². The van der Waals surface area contributed by atoms with Crippen LogP contribution >= 0.6 is 18.9 Å². The van der Waals surface area contributed by atoms with Crippen molar-refractivity contribution in [3.05, 3.63) is 135 Å². The van der Waals surface area contributed by atoms with E-state index in [9.17, 15) is 56.7 Å². The summed E-state index contributed by atoms with van der Waals surface area (Å²) in [6.07, 6.45) is 2.01. The highest BCUT2D eigenvalue weighted by Gasteiger charge is 2.51. The summed E-state index contributed by atoms with van der Waals surface area (Å²) in [7, 11) is -5.87. The number of hydrogen-bond donors (Lipinski definition) is 5. The normalized spacial score (nSPS) is 19.1. The van der Waals surface area contributed by atoms with Gasteiger partial charge in [0.15, 0.2) is 6.61 Å². The molecule has 0 bridgehead atoms. The number of carbonyl (C=O) groups is 8. The molecular weight excluding hydrogens is 1050 g/mol. The molecule has 406 valence electrons. The molecule has 8 amide bonds. The zero-order valence-corrected chi connectivity index (χ0v) is 44.4. The van der Waals surface area contributed by atoms with Gasteiger partial charge in [-0.2, -0.15) is 8.78 Å². The Labute approximate surface area is 451 Å². The number of amides is 8. The van der Waals surface area contributed by atoms with E-state index in [1.807, 2.05) is 30.3 Å². The van der Waals surface area contributed by atoms with Crippen LogP contribution in [0.25, 0.3) is 10.1 Å². The molecule has 0 saturated carbocycles. The van der Waals surface area contributed by atoms with Crippen LogP contribution in [0.15, 0.2) is 91.0 Å². The van der Waals surface area contributed by atoms with Gasteiger partial charge in [0, 0.05) is 67.2 Å². The van der Waals surface area contributed by atoms with Gasteiger partial charge in [-0.15, -0.1) is 11.3 Å². The average Bonchev–Trinajstić information content (AvgIpc) is 3.95. The number of alkyl halides is 2. The minimum absolute atomic E-state index is 0.000822. The number of ether oxygens (including phenoxy) is 1. The molecule has 1 unspecified atom stereocenters. The lowest BCUT2D eigenvalue weighted by Crippen LogP contribution is -2.61. The van der Waals surface area contributed by atoms with Crippen molar-refractivity contribution in [2.24, 2.45) is 5.41 Å². The number of carbonyl (C=O) groups excluding carboxylic acids is 8. The first-order valence-corrected chi connectivity index (χ1v) is 27.7. The third kappa shape index (κ3) is 11.5. The fraction of sp³-hybridized carbons (Fsp3) is 0.357. The highest BCUT2D eigenvalue weighted by atomic mass is 32.1. The Balaban J connectivity index is 0.873. The van der Waals surface area contributed by atoms with Crippen molar-refractivity contribution < 1.29 is 66.2 Å². The van der Waals surface area contributed by atoms with Crippen molar-refractivity contribution in [2.75, 3.05) is 26.2 Å². The van der Waals surface area contributed by atoms with Crippen molar-refractivity contribution in [2.45, 2.75) is 95.5 Å². The average molecular weight is 1110 g/mol. The largest absolute Gasteiger partial charge is 0.484 e. The SMILES string of the molecule is CC(C)(C)[C@H](NC(=O)c1cc2cc(C(F)(F)P(=O)(O)O)ccc2s1)C(=O)N1Cc2cc(OCC(=O)NCCC#Cc3ccc4c(c3)C(=O)N(C3CCC(=O)NC3=O)C4=O)ccc2C[C@H]1C(=O)N1CCC[C@H](c2ccccc2)C1. The summed E-state index contributed by atoms with van der Waals surface area (Å²) < 4.78 is 47.2. The maximum absolute atomic E-state index is 15.2. The first-order chi connectivity index (χ1) is 37.0. The van der Waals surface area contributed by atoms with Gasteiger partial charge in [0.05, 0.1) is 16.0 Å². The fourth-order valence-electron chi connectivity index (χ4n) is 10.2. The number of nitrogens with zero attached hydrogens (tertiary/aromatic N) is 3. The summed E-state index contributed by atoms with van der Waals surface area (Å²) in [6, 6.07) is 20.7. The number of rotatable bonds is 13. The zero-order valence-electron chi connectivity index (χ0n) is 42.7. The number of benzene rings is 4. The third-order valence-electron chi connectivity index (χ3n) is 14.3. The lowest BCUT2D eigenvalue weighted by molar-refractivity contribution is -0.150. The van der Waals surface area contributed by atoms with E-state index in [1.54, 1.807) is 49.9 Å². The van der Waals surface area contributed by atoms with E-state index in [-0.39, 0.29) is 78.6 Å². The second-order valence-corrected chi connectivity index (χ2v) is 23.5. The molecule has 2 fully saturated rings. The Morgan fingerprint density at radius 1 is 0.910 bits per heavy atom. The van der Waals surface area contributed by atoms with Crippen LogP contribution in [0.1, 0.15) is 117 Å². The Bertz CT molecular complexity index is 3400. The summed E-state index contributed by atoms with van der Waals surface area (Å²) >= 11 is 0.946. The molecule has 4 aliphatic heterocycles. The molecule has 4 atom stereocenters. The van der Waals surface area contributed by atoms with Crippen molar-refractivity contribution in [3.8, 4) is 17.6 Å². The Hall–Kier alpha value is -7.63. The predicted octanol–water partition coefficient (Wildman–Crippen LogP) is 5.97. The maximum Gasteiger partial charge on any atom is 0.399 e. The zero-order chi connectivity index (χ0) is 55.8. The first-order valence-electron chi connectivity index (χ1n) is 25.3. The van der Waals surface area contributed by atoms with Crippen LogP contribution in [0.4, 0.5) is 8.78 Å². The van der Waals surface area contributed by atoms with Gasteiger partial charge in [0.2, 0.25) is 23.6 Å². The van der Waals surface area contributed by atoms with E-state index in [0.717, 1.165) is 52.3 Å². The van der Waals surface area contributed by atoms with Crippen LogP contribution in [0, 0.1) is 17.3 Å². The Morgan fingerprint density at radius 3 is 2.40 bits per heavy atom. The molecule has 9 rings (SSSR count). The van der Waals surface area contributed by atoms with Gasteiger partial charge in [-0.1, -0.05) is 75.1 Å². The summed E-state index contributed by atoms with van der Waals surface area (Å²) in [5.41, 5.74) is -3.14. The van der Waals surface area contributed by atoms with Crippen molar-refractivity contribution >= 4 is 76.3 Å². The van der Waals surface area contributed by atoms with Crippen LogP contribution in [0.5, 0.6) is 5.75 Å². The summed E-state index contributed by atoms with van der Waals surface area (Å²) in [5.74, 6) is 1.84. The number of halogens is 2. The molecule has 18 nitrogen and oxygen atoms in total. The van der Waals surface area contributed by atoms with Gasteiger partial charge in [0.1, 0.15) is 23.9 Å². The molecule has 0 radical (unpaired) electrons. The van der Waals surface area contributed by atoms with E-state index in [1.165, 1.54) is 29.2 Å². The molecule has 78 heavy (non-hydrogen) atoms. The third-order valence-corrected chi connectivity index (χ3v) is 16.4. The number of hydrogen-bond acceptors (Lipinski definition) is 11. The highest BCUT2D eigenvalue weighted by Crippen LogP contribution is 2.59. The van der Waals surface area contributed by atoms with Crippen LogP contribution in [0.3, 0.4) is 0 Å². The standard InChI is InChI=1S/C56H55F2N6O12PS/c1-55(2,3)48(61-50(68)45-28-36-25-38(16-20-44(36)78-45)56(57,58)77(73,74)75)54(72)63-30-37-26-39(17-15-34(37)27-43(63)53(71)62-23-9-13-35(29-62)33-11-5-4-6-12-33)76-31-47(66)59-22-8-7-10-32-14-18-40-41(24-32)52(70)64(51(40)69)42-19-21-46(65)60-49(42)67/h4-6,11-12,14-18,20,24-26,28,35,42-43,48H,8-9,13,19,21-23,27,29-31H2,1-3H3,(H,59,66)(H,61,68)(H,60,65,67)(H2,73,74,75)/t35-,42?,43-,48+/m0/s1. The molecule has 4 aromatic carbocycles. The quantitative estimate of drug-likeness (QED) is 0.0396.